The predicted octanol–water partition coefficient (Wildman–Crippen LogP) is 4.78. The molecule has 2 amide bonds. The summed E-state index contributed by atoms with van der Waals surface area (Å²) in [6.45, 7) is 1.48. The lowest BCUT2D eigenvalue weighted by molar-refractivity contribution is -0.119. The van der Waals surface area contributed by atoms with Crippen LogP contribution in [0.5, 0.6) is 0 Å². The smallest absolute Gasteiger partial charge is 0.407 e. The Morgan fingerprint density at radius 1 is 0.971 bits per heavy atom. The van der Waals surface area contributed by atoms with Gasteiger partial charge in [0.05, 0.1) is 17.2 Å². The van der Waals surface area contributed by atoms with Crippen molar-refractivity contribution >= 4 is 23.7 Å². The minimum Gasteiger partial charge on any atom is -0.478 e. The number of hydrogen-bond donors (Lipinski definition) is 3. The van der Waals surface area contributed by atoms with Crippen molar-refractivity contribution in [2.75, 3.05) is 18.5 Å². The van der Waals surface area contributed by atoms with Crippen molar-refractivity contribution in [3.8, 4) is 11.1 Å². The minimum atomic E-state index is -1.52. The van der Waals surface area contributed by atoms with Gasteiger partial charge in [-0.1, -0.05) is 55.5 Å². The monoisotopic (exact) mass is 480 g/mol. The van der Waals surface area contributed by atoms with Gasteiger partial charge in [0.25, 0.3) is 0 Å². The van der Waals surface area contributed by atoms with Crippen LogP contribution in [0.4, 0.5) is 19.3 Å². The number of ether oxygens (including phenoxy) is 1. The standard InChI is InChI=1S/C26H22F2N2O5/c1-14(24(31)30-23-11-22(28)21(27)10-19(23)25(32)33)12-29-26(34)35-13-20-17-8-4-2-6-15(17)16-7-3-5-9-18(16)20/h2-11,14,20H,12-13H2,1H3,(H,29,34)(H,30,31)(H,32,33). The van der Waals surface area contributed by atoms with E-state index in [1.54, 1.807) is 0 Å². The molecule has 0 saturated heterocycles. The summed E-state index contributed by atoms with van der Waals surface area (Å²) in [5.74, 6) is -5.77. The van der Waals surface area contributed by atoms with Gasteiger partial charge in [0.15, 0.2) is 11.6 Å². The van der Waals surface area contributed by atoms with Crippen LogP contribution in [-0.4, -0.2) is 36.2 Å². The number of carboxylic acid groups (broad SMARTS) is 1. The molecular formula is C26H22F2N2O5. The number of hydrogen-bond acceptors (Lipinski definition) is 4. The molecule has 3 N–H and O–H groups in total. The zero-order valence-corrected chi connectivity index (χ0v) is 18.7. The molecule has 3 aromatic rings. The third-order valence-corrected chi connectivity index (χ3v) is 5.89. The maximum absolute atomic E-state index is 13.5. The molecule has 0 radical (unpaired) electrons. The first kappa shape index (κ1) is 23.9. The maximum Gasteiger partial charge on any atom is 0.407 e. The number of nitrogens with one attached hydrogen (secondary N) is 2. The molecule has 4 rings (SSSR count). The number of benzene rings is 3. The van der Waals surface area contributed by atoms with Gasteiger partial charge in [-0.3, -0.25) is 4.79 Å². The first-order valence-corrected chi connectivity index (χ1v) is 10.9. The number of carboxylic acids is 1. The average molecular weight is 480 g/mol. The van der Waals surface area contributed by atoms with Crippen LogP contribution in [0.3, 0.4) is 0 Å². The summed E-state index contributed by atoms with van der Waals surface area (Å²) in [6.07, 6.45) is -0.717. The number of amides is 2. The molecule has 0 bridgehead atoms. The Hall–Kier alpha value is -4.27. The lowest BCUT2D eigenvalue weighted by atomic mass is 9.98. The molecule has 0 saturated carbocycles. The summed E-state index contributed by atoms with van der Waals surface area (Å²) in [4.78, 5) is 36.0. The molecule has 3 aromatic carbocycles. The fourth-order valence-corrected chi connectivity index (χ4v) is 4.06. The quantitative estimate of drug-likeness (QED) is 0.452. The normalized spacial score (nSPS) is 12.9. The van der Waals surface area contributed by atoms with E-state index in [9.17, 15) is 23.2 Å². The number of rotatable bonds is 7. The minimum absolute atomic E-state index is 0.108. The third-order valence-electron chi connectivity index (χ3n) is 5.89. The van der Waals surface area contributed by atoms with Gasteiger partial charge in [0.1, 0.15) is 6.61 Å². The summed E-state index contributed by atoms with van der Waals surface area (Å²) in [5, 5.41) is 13.9. The molecule has 0 heterocycles. The van der Waals surface area contributed by atoms with E-state index in [-0.39, 0.29) is 24.8 Å². The number of carbonyl (C=O) groups is 3. The third kappa shape index (κ3) is 4.98. The highest BCUT2D eigenvalue weighted by atomic mass is 19.2. The summed E-state index contributed by atoms with van der Waals surface area (Å²) < 4.78 is 32.3. The first-order valence-electron chi connectivity index (χ1n) is 10.9. The number of fused-ring (bicyclic) bond motifs is 3. The van der Waals surface area contributed by atoms with Crippen molar-refractivity contribution in [3.05, 3.63) is 89.0 Å². The Kier molecular flexibility index (Phi) is 6.77. The van der Waals surface area contributed by atoms with Gasteiger partial charge in [-0.25, -0.2) is 18.4 Å². The average Bonchev–Trinajstić information content (AvgIpc) is 3.16. The van der Waals surface area contributed by atoms with E-state index in [0.29, 0.717) is 12.1 Å². The Balaban J connectivity index is 1.33. The zero-order valence-electron chi connectivity index (χ0n) is 18.7. The summed E-state index contributed by atoms with van der Waals surface area (Å²) >= 11 is 0. The second-order valence-electron chi connectivity index (χ2n) is 8.21. The van der Waals surface area contributed by atoms with Crippen LogP contribution in [0.25, 0.3) is 11.1 Å². The van der Waals surface area contributed by atoms with Crippen LogP contribution in [-0.2, 0) is 9.53 Å². The van der Waals surface area contributed by atoms with Gasteiger partial charge in [-0.2, -0.15) is 0 Å². The van der Waals surface area contributed by atoms with E-state index < -0.39 is 41.1 Å². The summed E-state index contributed by atoms with van der Waals surface area (Å²) in [7, 11) is 0. The largest absolute Gasteiger partial charge is 0.478 e. The van der Waals surface area contributed by atoms with E-state index in [4.69, 9.17) is 9.84 Å². The Bertz CT molecular complexity index is 1270. The van der Waals surface area contributed by atoms with Crippen LogP contribution < -0.4 is 10.6 Å². The summed E-state index contributed by atoms with van der Waals surface area (Å²) in [5.41, 5.74) is 3.36. The molecule has 180 valence electrons. The van der Waals surface area contributed by atoms with Gasteiger partial charge in [0, 0.05) is 18.5 Å². The SMILES string of the molecule is CC(CNC(=O)OCC1c2ccccc2-c2ccccc21)C(=O)Nc1cc(F)c(F)cc1C(=O)O. The second-order valence-corrected chi connectivity index (χ2v) is 8.21. The topological polar surface area (TPSA) is 105 Å². The van der Waals surface area contributed by atoms with Gasteiger partial charge in [-0.05, 0) is 28.3 Å². The Labute approximate surface area is 199 Å². The zero-order chi connectivity index (χ0) is 25.1. The lowest BCUT2D eigenvalue weighted by Crippen LogP contribution is -2.35. The van der Waals surface area contributed by atoms with Crippen LogP contribution >= 0.6 is 0 Å². The molecule has 0 fully saturated rings. The van der Waals surface area contributed by atoms with Crippen molar-refractivity contribution in [2.45, 2.75) is 12.8 Å². The highest BCUT2D eigenvalue weighted by Gasteiger charge is 2.29. The highest BCUT2D eigenvalue weighted by molar-refractivity contribution is 6.01. The molecule has 0 spiro atoms. The fraction of sp³-hybridized carbons (Fsp3) is 0.192. The molecule has 1 aliphatic rings. The lowest BCUT2D eigenvalue weighted by Gasteiger charge is -2.17. The predicted molar refractivity (Wildman–Crippen MR) is 124 cm³/mol. The molecule has 1 unspecified atom stereocenters. The number of anilines is 1. The van der Waals surface area contributed by atoms with Crippen molar-refractivity contribution in [1.82, 2.24) is 5.32 Å². The number of halogens is 2. The molecule has 1 aliphatic carbocycles. The van der Waals surface area contributed by atoms with E-state index >= 15 is 0 Å². The molecule has 9 heteroatoms. The Morgan fingerprint density at radius 2 is 1.54 bits per heavy atom. The van der Waals surface area contributed by atoms with Crippen LogP contribution in [0, 0.1) is 17.6 Å². The Morgan fingerprint density at radius 3 is 2.14 bits per heavy atom. The van der Waals surface area contributed by atoms with E-state index in [2.05, 4.69) is 10.6 Å². The molecule has 35 heavy (non-hydrogen) atoms. The number of alkyl carbamates (subject to hydrolysis) is 1. The van der Waals surface area contributed by atoms with Crippen LogP contribution in [0.1, 0.15) is 34.3 Å². The van der Waals surface area contributed by atoms with E-state index in [1.807, 2.05) is 48.5 Å². The molecule has 0 aliphatic heterocycles. The molecule has 7 nitrogen and oxygen atoms in total. The van der Waals surface area contributed by atoms with Crippen LogP contribution in [0.2, 0.25) is 0 Å². The van der Waals surface area contributed by atoms with Gasteiger partial charge >= 0.3 is 12.1 Å². The van der Waals surface area contributed by atoms with Gasteiger partial charge in [-0.15, -0.1) is 0 Å². The second kappa shape index (κ2) is 9.92. The van der Waals surface area contributed by atoms with Crippen molar-refractivity contribution < 1.29 is 33.0 Å². The van der Waals surface area contributed by atoms with Crippen molar-refractivity contribution in [2.24, 2.45) is 5.92 Å². The van der Waals surface area contributed by atoms with Gasteiger partial charge < -0.3 is 20.5 Å². The molecule has 1 atom stereocenters. The van der Waals surface area contributed by atoms with Gasteiger partial charge in [0.2, 0.25) is 5.91 Å². The fourth-order valence-electron chi connectivity index (χ4n) is 4.06. The van der Waals surface area contributed by atoms with E-state index in [0.717, 1.165) is 22.3 Å². The summed E-state index contributed by atoms with van der Waals surface area (Å²) in [6, 6.07) is 16.9. The molecular weight excluding hydrogens is 458 g/mol. The van der Waals surface area contributed by atoms with Crippen LogP contribution in [0.15, 0.2) is 60.7 Å². The number of carbonyl (C=O) groups excluding carboxylic acids is 2. The van der Waals surface area contributed by atoms with Crippen molar-refractivity contribution in [1.29, 1.82) is 0 Å². The highest BCUT2D eigenvalue weighted by Crippen LogP contribution is 2.44. The first-order chi connectivity index (χ1) is 16.8. The maximum atomic E-state index is 13.5. The molecule has 0 aromatic heterocycles. The van der Waals surface area contributed by atoms with Crippen molar-refractivity contribution in [3.63, 3.8) is 0 Å². The van der Waals surface area contributed by atoms with E-state index in [1.165, 1.54) is 6.92 Å². The number of aromatic carboxylic acids is 1.